The third-order valence-corrected chi connectivity index (χ3v) is 5.72. The van der Waals surface area contributed by atoms with Crippen LogP contribution >= 0.6 is 11.8 Å². The van der Waals surface area contributed by atoms with Crippen molar-refractivity contribution in [3.8, 4) is 28.5 Å². The lowest BCUT2D eigenvalue weighted by Crippen LogP contribution is -2.12. The van der Waals surface area contributed by atoms with Crippen molar-refractivity contribution in [2.24, 2.45) is 0 Å². The number of rotatable bonds is 6. The Labute approximate surface area is 184 Å². The zero-order chi connectivity index (χ0) is 22.0. The molecule has 0 saturated heterocycles. The van der Waals surface area contributed by atoms with Gasteiger partial charge in [-0.15, -0.1) is 10.2 Å². The molecule has 4 rings (SSSR count). The Kier molecular flexibility index (Phi) is 5.69. The number of nitrogens with zero attached hydrogens (tertiary/aromatic N) is 5. The molecule has 2 heterocycles. The largest absolute Gasteiger partial charge is 0.497 e. The van der Waals surface area contributed by atoms with E-state index in [0.717, 1.165) is 16.9 Å². The van der Waals surface area contributed by atoms with Gasteiger partial charge in [0.1, 0.15) is 5.75 Å². The van der Waals surface area contributed by atoms with E-state index in [-0.39, 0.29) is 5.41 Å². The molecular weight excluding hydrogens is 412 g/mol. The SMILES string of the molecule is COc1cccc(-c2noc(CSc3nnc(-c4ccc(C(C)(C)C)cc4)n3N)n2)c1. The van der Waals surface area contributed by atoms with E-state index in [1.54, 1.807) is 7.11 Å². The number of nitrogen functional groups attached to an aromatic ring is 1. The lowest BCUT2D eigenvalue weighted by molar-refractivity contribution is 0.391. The summed E-state index contributed by atoms with van der Waals surface area (Å²) in [4.78, 5) is 4.45. The molecule has 0 amide bonds. The first-order valence-corrected chi connectivity index (χ1v) is 10.7. The van der Waals surface area contributed by atoms with Crippen LogP contribution in [-0.4, -0.2) is 32.1 Å². The highest BCUT2D eigenvalue weighted by atomic mass is 32.2. The van der Waals surface area contributed by atoms with E-state index in [0.29, 0.717) is 28.4 Å². The van der Waals surface area contributed by atoms with Crippen LogP contribution in [0.1, 0.15) is 32.2 Å². The quantitative estimate of drug-likeness (QED) is 0.352. The first kappa shape index (κ1) is 20.9. The Morgan fingerprint density at radius 3 is 2.55 bits per heavy atom. The van der Waals surface area contributed by atoms with Gasteiger partial charge in [0.25, 0.3) is 0 Å². The molecule has 31 heavy (non-hydrogen) atoms. The summed E-state index contributed by atoms with van der Waals surface area (Å²) < 4.78 is 12.1. The van der Waals surface area contributed by atoms with Crippen molar-refractivity contribution < 1.29 is 9.26 Å². The van der Waals surface area contributed by atoms with Crippen LogP contribution < -0.4 is 10.6 Å². The van der Waals surface area contributed by atoms with Crippen LogP contribution in [0.25, 0.3) is 22.8 Å². The number of hydrogen-bond acceptors (Lipinski definition) is 8. The third kappa shape index (κ3) is 4.56. The summed E-state index contributed by atoms with van der Waals surface area (Å²) in [5.74, 6) is 8.98. The van der Waals surface area contributed by atoms with E-state index >= 15 is 0 Å². The van der Waals surface area contributed by atoms with Crippen molar-refractivity contribution in [2.45, 2.75) is 37.1 Å². The average Bonchev–Trinajstić information content (AvgIpc) is 3.38. The molecule has 2 aromatic heterocycles. The molecule has 4 aromatic rings. The van der Waals surface area contributed by atoms with E-state index < -0.39 is 0 Å². The molecule has 0 spiro atoms. The molecule has 0 aliphatic heterocycles. The van der Waals surface area contributed by atoms with E-state index in [9.17, 15) is 0 Å². The Hall–Kier alpha value is -3.33. The maximum Gasteiger partial charge on any atom is 0.237 e. The molecule has 0 aliphatic carbocycles. The van der Waals surface area contributed by atoms with E-state index in [1.165, 1.54) is 22.0 Å². The Bertz CT molecular complexity index is 1180. The number of ether oxygens (including phenoxy) is 1. The first-order chi connectivity index (χ1) is 14.8. The molecule has 2 aromatic carbocycles. The summed E-state index contributed by atoms with van der Waals surface area (Å²) in [5.41, 5.74) is 3.07. The van der Waals surface area contributed by atoms with Gasteiger partial charge >= 0.3 is 0 Å². The molecule has 0 radical (unpaired) electrons. The van der Waals surface area contributed by atoms with Crippen LogP contribution in [0.4, 0.5) is 0 Å². The van der Waals surface area contributed by atoms with Gasteiger partial charge in [0.15, 0.2) is 5.82 Å². The molecule has 160 valence electrons. The van der Waals surface area contributed by atoms with Crippen molar-refractivity contribution >= 4 is 11.8 Å². The number of nitrogens with two attached hydrogens (primary N) is 1. The van der Waals surface area contributed by atoms with Crippen LogP contribution in [0.3, 0.4) is 0 Å². The number of hydrogen-bond donors (Lipinski definition) is 1. The van der Waals surface area contributed by atoms with Crippen molar-refractivity contribution in [1.29, 1.82) is 0 Å². The van der Waals surface area contributed by atoms with Crippen molar-refractivity contribution in [3.63, 3.8) is 0 Å². The topological polar surface area (TPSA) is 105 Å². The average molecular weight is 437 g/mol. The fourth-order valence-corrected chi connectivity index (χ4v) is 3.70. The molecule has 0 atom stereocenters. The lowest BCUT2D eigenvalue weighted by atomic mass is 9.87. The highest BCUT2D eigenvalue weighted by molar-refractivity contribution is 7.98. The van der Waals surface area contributed by atoms with Crippen LogP contribution in [0.15, 0.2) is 58.2 Å². The first-order valence-electron chi connectivity index (χ1n) is 9.76. The Morgan fingerprint density at radius 2 is 1.84 bits per heavy atom. The van der Waals surface area contributed by atoms with E-state index in [2.05, 4.69) is 53.2 Å². The number of benzene rings is 2. The molecule has 8 nitrogen and oxygen atoms in total. The second kappa shape index (κ2) is 8.43. The molecule has 0 bridgehead atoms. The molecular formula is C22H24N6O2S. The maximum absolute atomic E-state index is 6.24. The third-order valence-electron chi connectivity index (χ3n) is 4.79. The monoisotopic (exact) mass is 436 g/mol. The molecule has 2 N–H and O–H groups in total. The smallest absolute Gasteiger partial charge is 0.237 e. The predicted octanol–water partition coefficient (Wildman–Crippen LogP) is 4.31. The number of methoxy groups -OCH3 is 1. The van der Waals surface area contributed by atoms with Crippen molar-refractivity contribution in [2.75, 3.05) is 13.0 Å². The van der Waals surface area contributed by atoms with Crippen LogP contribution in [0.2, 0.25) is 0 Å². The minimum absolute atomic E-state index is 0.0870. The maximum atomic E-state index is 6.24. The summed E-state index contributed by atoms with van der Waals surface area (Å²) in [7, 11) is 1.62. The summed E-state index contributed by atoms with van der Waals surface area (Å²) in [6, 6.07) is 15.7. The predicted molar refractivity (Wildman–Crippen MR) is 120 cm³/mol. The van der Waals surface area contributed by atoms with E-state index in [1.807, 2.05) is 36.4 Å². The molecule has 0 aliphatic rings. The zero-order valence-electron chi connectivity index (χ0n) is 17.9. The Balaban J connectivity index is 1.46. The van der Waals surface area contributed by atoms with Gasteiger partial charge in [0, 0.05) is 11.1 Å². The summed E-state index contributed by atoms with van der Waals surface area (Å²) in [6.07, 6.45) is 0. The van der Waals surface area contributed by atoms with Gasteiger partial charge in [0.2, 0.25) is 16.9 Å². The zero-order valence-corrected chi connectivity index (χ0v) is 18.7. The molecule has 9 heteroatoms. The number of thioether (sulfide) groups is 1. The van der Waals surface area contributed by atoms with Crippen molar-refractivity contribution in [1.82, 2.24) is 25.0 Å². The van der Waals surface area contributed by atoms with Crippen LogP contribution in [0, 0.1) is 0 Å². The summed E-state index contributed by atoms with van der Waals surface area (Å²) in [5, 5.41) is 13.1. The molecule has 0 saturated carbocycles. The van der Waals surface area contributed by atoms with Gasteiger partial charge in [-0.3, -0.25) is 0 Å². The molecule has 0 fully saturated rings. The normalized spacial score (nSPS) is 11.6. The second-order valence-electron chi connectivity index (χ2n) is 8.04. The van der Waals surface area contributed by atoms with Crippen LogP contribution in [0.5, 0.6) is 5.75 Å². The number of aromatic nitrogens is 5. The summed E-state index contributed by atoms with van der Waals surface area (Å²) in [6.45, 7) is 6.54. The van der Waals surface area contributed by atoms with Crippen LogP contribution in [-0.2, 0) is 11.2 Å². The fraction of sp³-hybridized carbons (Fsp3) is 0.273. The fourth-order valence-electron chi connectivity index (χ4n) is 3.01. The van der Waals surface area contributed by atoms with E-state index in [4.69, 9.17) is 15.1 Å². The van der Waals surface area contributed by atoms with Gasteiger partial charge in [-0.05, 0) is 23.1 Å². The van der Waals surface area contributed by atoms with Gasteiger partial charge in [-0.1, -0.05) is 74.1 Å². The minimum Gasteiger partial charge on any atom is -0.497 e. The minimum atomic E-state index is 0.0870. The van der Waals surface area contributed by atoms with Crippen molar-refractivity contribution in [3.05, 3.63) is 60.0 Å². The van der Waals surface area contributed by atoms with Gasteiger partial charge in [-0.25, -0.2) is 4.68 Å². The standard InChI is InChI=1S/C22H24N6O2S/c1-22(2,3)16-10-8-14(9-11-16)20-25-26-21(28(20)23)31-13-18-24-19(27-30-18)15-6-5-7-17(12-15)29-4/h5-12H,13,23H2,1-4H3. The Morgan fingerprint density at radius 1 is 1.06 bits per heavy atom. The highest BCUT2D eigenvalue weighted by Crippen LogP contribution is 2.28. The highest BCUT2D eigenvalue weighted by Gasteiger charge is 2.17. The lowest BCUT2D eigenvalue weighted by Gasteiger charge is -2.19. The van der Waals surface area contributed by atoms with Gasteiger partial charge in [0.05, 0.1) is 12.9 Å². The summed E-state index contributed by atoms with van der Waals surface area (Å²) >= 11 is 1.38. The second-order valence-corrected chi connectivity index (χ2v) is 8.98. The van der Waals surface area contributed by atoms with Gasteiger partial charge in [-0.2, -0.15) is 4.98 Å². The van der Waals surface area contributed by atoms with Gasteiger partial charge < -0.3 is 15.1 Å². The molecule has 0 unspecified atom stereocenters.